The van der Waals surface area contributed by atoms with E-state index in [4.69, 9.17) is 18.1 Å². The van der Waals surface area contributed by atoms with Crippen LogP contribution in [0.15, 0.2) is 18.1 Å². The summed E-state index contributed by atoms with van der Waals surface area (Å²) >= 11 is 0. The molecular formula is C48H96FN16P5. The molecule has 0 saturated carbocycles. The van der Waals surface area contributed by atoms with Gasteiger partial charge in [-0.2, -0.15) is 0 Å². The van der Waals surface area contributed by atoms with Crippen LogP contribution in [0.3, 0.4) is 0 Å². The van der Waals surface area contributed by atoms with E-state index >= 15 is 4.20 Å². The molecule has 0 aliphatic carbocycles. The third-order valence-electron chi connectivity index (χ3n) is 18.6. The van der Waals surface area contributed by atoms with Gasteiger partial charge in [0.1, 0.15) is 0 Å². The molecule has 70 heavy (non-hydrogen) atoms. The third-order valence-corrected chi connectivity index (χ3v) is 41.3. The summed E-state index contributed by atoms with van der Waals surface area (Å²) in [6.45, 7) is 23.9. The number of halogens is 1. The minimum atomic E-state index is -6.03. The molecule has 12 fully saturated rings. The molecule has 12 aliphatic rings. The molecule has 0 amide bonds. The van der Waals surface area contributed by atoms with Gasteiger partial charge in [-0.05, 0) is 0 Å². The second kappa shape index (κ2) is 21.9. The molecule has 0 aromatic heterocycles. The van der Waals surface area contributed by atoms with Crippen LogP contribution in [-0.4, -0.2) is 213 Å². The second-order valence-electron chi connectivity index (χ2n) is 23.3. The maximum absolute atomic E-state index is 24.3. The zero-order valence-corrected chi connectivity index (χ0v) is 48.2. The summed E-state index contributed by atoms with van der Waals surface area (Å²) in [7, 11) is -17.8. The summed E-state index contributed by atoms with van der Waals surface area (Å²) in [5.41, 5.74) is 0. The van der Waals surface area contributed by atoms with Crippen molar-refractivity contribution in [1.29, 1.82) is 0 Å². The molecule has 400 valence electrons. The first-order valence-corrected chi connectivity index (χ1v) is 38.1. The Bertz CT molecular complexity index is 1530. The Hall–Kier alpha value is 0.800. The Labute approximate surface area is 425 Å². The van der Waals surface area contributed by atoms with Crippen LogP contribution >= 0.6 is 37.5 Å². The standard InChI is InChI=1S/C48H96FN16P5/c49-70(50-66(54-25-1-2-26-54,55-27-3-4-28-55)56-29-5-6-30-56,51-67(57-31-7-8-32-57,58-33-9-10-34-58)59-35-11-12-36-59,52-68(60-37-13-14-38-60,61-39-15-16-40-61)62-41-17-18-42-62)53-69(63-43-19-20-44-63,64-45-21-22-46-64)65-47-23-24-48-65/h1-48H2. The van der Waals surface area contributed by atoms with Crippen molar-refractivity contribution < 1.29 is 4.20 Å². The number of hydrogen-bond acceptors (Lipinski definition) is 4. The van der Waals surface area contributed by atoms with Crippen molar-refractivity contribution in [3.8, 4) is 0 Å². The van der Waals surface area contributed by atoms with Gasteiger partial charge in [-0.15, -0.1) is 0 Å². The van der Waals surface area contributed by atoms with Gasteiger partial charge in [0.05, 0.1) is 0 Å². The summed E-state index contributed by atoms with van der Waals surface area (Å²) in [5, 5.41) is 0. The zero-order chi connectivity index (χ0) is 47.1. The van der Waals surface area contributed by atoms with E-state index < -0.39 is 37.5 Å². The van der Waals surface area contributed by atoms with Crippen molar-refractivity contribution in [1.82, 2.24) is 56.0 Å². The van der Waals surface area contributed by atoms with Gasteiger partial charge in [-0.1, -0.05) is 0 Å². The van der Waals surface area contributed by atoms with Crippen LogP contribution in [0.5, 0.6) is 0 Å². The molecular weight excluding hydrogens is 975 g/mol. The van der Waals surface area contributed by atoms with E-state index in [-0.39, 0.29) is 0 Å². The van der Waals surface area contributed by atoms with Crippen molar-refractivity contribution in [2.45, 2.75) is 154 Å². The number of hydrogen-bond donors (Lipinski definition) is 0. The molecule has 16 nitrogen and oxygen atoms in total. The molecule has 12 heterocycles. The fourth-order valence-corrected chi connectivity index (χ4v) is 44.3. The Morgan fingerprint density at radius 2 is 0.271 bits per heavy atom. The predicted molar refractivity (Wildman–Crippen MR) is 295 cm³/mol. The molecule has 12 aliphatic heterocycles. The molecule has 0 radical (unpaired) electrons. The quantitative estimate of drug-likeness (QED) is 0.138. The Kier molecular flexibility index (Phi) is 16.1. The molecule has 0 N–H and O–H groups in total. The van der Waals surface area contributed by atoms with Crippen LogP contribution < -0.4 is 0 Å². The van der Waals surface area contributed by atoms with E-state index in [9.17, 15) is 0 Å². The molecule has 12 saturated heterocycles. The SMILES string of the molecule is FP(N=P(N1CCCC1)(N1CCCC1)N1CCCC1)(N=P(N1CCCC1)(N1CCCC1)N1CCCC1)(N=P(N1CCCC1)(N1CCCC1)N1CCCC1)N=P(N1CCCC1)(N1CCCC1)N1CCCC1. The van der Waals surface area contributed by atoms with E-state index in [1.165, 1.54) is 0 Å². The Morgan fingerprint density at radius 1 is 0.186 bits per heavy atom. The van der Waals surface area contributed by atoms with Crippen molar-refractivity contribution in [3.05, 3.63) is 0 Å². The topological polar surface area (TPSA) is 88.3 Å². The fraction of sp³-hybridized carbons (Fsp3) is 1.00. The summed E-state index contributed by atoms with van der Waals surface area (Å²) in [5.74, 6) is 0. The van der Waals surface area contributed by atoms with Crippen molar-refractivity contribution in [2.24, 2.45) is 18.1 Å². The van der Waals surface area contributed by atoms with E-state index in [0.717, 1.165) is 311 Å². The van der Waals surface area contributed by atoms with Crippen LogP contribution in [0.1, 0.15) is 154 Å². The van der Waals surface area contributed by atoms with E-state index in [1.54, 1.807) is 0 Å². The molecule has 0 atom stereocenters. The van der Waals surface area contributed by atoms with Gasteiger partial charge < -0.3 is 0 Å². The molecule has 0 unspecified atom stereocenters. The molecule has 0 spiro atoms. The van der Waals surface area contributed by atoms with E-state index in [2.05, 4.69) is 56.0 Å². The average Bonchev–Trinajstić information content (AvgIpc) is 4.23. The van der Waals surface area contributed by atoms with Crippen LogP contribution in [0.2, 0.25) is 0 Å². The Morgan fingerprint density at radius 3 is 0.357 bits per heavy atom. The number of nitrogens with zero attached hydrogens (tertiary/aromatic N) is 16. The normalized spacial score (nSPS) is 30.4. The summed E-state index contributed by atoms with van der Waals surface area (Å²) in [6, 6.07) is 0. The molecule has 0 aromatic rings. The summed E-state index contributed by atoms with van der Waals surface area (Å²) in [4.78, 5) is 0. The minimum absolute atomic E-state index is 0.997. The fourth-order valence-electron chi connectivity index (χ4n) is 15.4. The van der Waals surface area contributed by atoms with Gasteiger partial charge in [0.25, 0.3) is 0 Å². The second-order valence-corrected chi connectivity index (χ2v) is 38.9. The first-order chi connectivity index (χ1) is 34.4. The van der Waals surface area contributed by atoms with Crippen LogP contribution in [0.25, 0.3) is 0 Å². The van der Waals surface area contributed by atoms with Gasteiger partial charge in [-0.25, -0.2) is 0 Å². The Balaban J connectivity index is 1.34. The predicted octanol–water partition coefficient (Wildman–Crippen LogP) is 12.0. The first-order valence-electron chi connectivity index (χ1n) is 29.8. The van der Waals surface area contributed by atoms with Crippen molar-refractivity contribution in [3.63, 3.8) is 0 Å². The number of rotatable bonds is 16. The maximum atomic E-state index is 24.3. The molecule has 0 bridgehead atoms. The van der Waals surface area contributed by atoms with Crippen LogP contribution in [-0.2, 0) is 0 Å². The zero-order valence-electron chi connectivity index (χ0n) is 43.7. The first kappa shape index (κ1) is 51.6. The van der Waals surface area contributed by atoms with Crippen molar-refractivity contribution >= 4 is 37.5 Å². The van der Waals surface area contributed by atoms with Gasteiger partial charge in [0.15, 0.2) is 0 Å². The van der Waals surface area contributed by atoms with E-state index in [1.807, 2.05) is 0 Å². The van der Waals surface area contributed by atoms with Gasteiger partial charge in [0.2, 0.25) is 0 Å². The van der Waals surface area contributed by atoms with Gasteiger partial charge in [0, 0.05) is 0 Å². The average molecular weight is 1070 g/mol. The molecule has 12 rings (SSSR count). The monoisotopic (exact) mass is 1070 g/mol. The van der Waals surface area contributed by atoms with Crippen LogP contribution in [0, 0.1) is 0 Å². The molecule has 0 aromatic carbocycles. The van der Waals surface area contributed by atoms with Gasteiger partial charge in [-0.3, -0.25) is 0 Å². The molecule has 22 heteroatoms. The van der Waals surface area contributed by atoms with Crippen molar-refractivity contribution in [2.75, 3.05) is 157 Å². The summed E-state index contributed by atoms with van der Waals surface area (Å²) < 4.78 is 85.9. The van der Waals surface area contributed by atoms with Gasteiger partial charge >= 0.3 is 427 Å². The summed E-state index contributed by atoms with van der Waals surface area (Å²) in [6.07, 6.45) is 27.9. The van der Waals surface area contributed by atoms with E-state index in [0.29, 0.717) is 0 Å². The third kappa shape index (κ3) is 9.26. The van der Waals surface area contributed by atoms with Crippen LogP contribution in [0.4, 0.5) is 4.20 Å².